The van der Waals surface area contributed by atoms with Gasteiger partial charge in [-0.15, -0.1) is 0 Å². The number of methoxy groups -OCH3 is 1. The van der Waals surface area contributed by atoms with Gasteiger partial charge in [-0.3, -0.25) is 0 Å². The molecule has 0 heterocycles. The molecule has 2 aliphatic rings. The summed E-state index contributed by atoms with van der Waals surface area (Å²) in [6, 6.07) is 0. The Morgan fingerprint density at radius 2 is 1.93 bits per heavy atom. The van der Waals surface area contributed by atoms with E-state index in [9.17, 15) is 20.1 Å². The van der Waals surface area contributed by atoms with Crippen molar-refractivity contribution in [1.29, 1.82) is 0 Å². The number of unbranched alkanes of at least 4 members (excludes halogenated alkanes) is 2. The van der Waals surface area contributed by atoms with Gasteiger partial charge in [-0.05, 0) is 82.0 Å². The van der Waals surface area contributed by atoms with E-state index < -0.39 is 12.2 Å². The lowest BCUT2D eigenvalue weighted by atomic mass is 9.83. The number of hydrogen-bond donors (Lipinski definition) is 3. The van der Waals surface area contributed by atoms with Crippen LogP contribution in [-0.4, -0.2) is 46.7 Å². The molecule has 0 aliphatic heterocycles. The first-order valence-corrected chi connectivity index (χ1v) is 10.9. The SMILES string of the molecule is COC(=O)C=CCCCC[C@@H]1[C@@H](CCC(O)CC2CC=CCC2)[C@H](O)C[C@@H]1O. The third kappa shape index (κ3) is 7.69. The third-order valence-corrected chi connectivity index (χ3v) is 6.45. The monoisotopic (exact) mass is 394 g/mol. The minimum Gasteiger partial charge on any atom is -0.466 e. The van der Waals surface area contributed by atoms with Crippen LogP contribution in [0.25, 0.3) is 0 Å². The molecule has 0 saturated heterocycles. The standard InChI is InChI=1S/C23H38O5/c1-28-23(27)12-8-3-2-7-11-19-20(22(26)16-21(19)25)14-13-18(24)15-17-9-5-4-6-10-17/h4-5,8,12,17-22,24-26H,2-3,6-7,9-11,13-16H2,1H3/t17?,18?,19-,20-,21+,22-/m1/s1. The molecule has 5 heteroatoms. The van der Waals surface area contributed by atoms with Gasteiger partial charge >= 0.3 is 5.97 Å². The lowest BCUT2D eigenvalue weighted by Crippen LogP contribution is -2.24. The molecule has 160 valence electrons. The zero-order valence-electron chi connectivity index (χ0n) is 17.2. The predicted octanol–water partition coefficient (Wildman–Crippen LogP) is 3.52. The molecular formula is C23H38O5. The molecule has 2 aliphatic carbocycles. The maximum Gasteiger partial charge on any atom is 0.330 e. The van der Waals surface area contributed by atoms with Crippen molar-refractivity contribution in [2.45, 2.75) is 88.9 Å². The van der Waals surface area contributed by atoms with E-state index in [4.69, 9.17) is 0 Å². The summed E-state index contributed by atoms with van der Waals surface area (Å²) in [5.41, 5.74) is 0. The Labute approximate surface area is 169 Å². The highest BCUT2D eigenvalue weighted by Crippen LogP contribution is 2.39. The van der Waals surface area contributed by atoms with Crippen LogP contribution in [0.5, 0.6) is 0 Å². The van der Waals surface area contributed by atoms with E-state index in [2.05, 4.69) is 16.9 Å². The molecular weight excluding hydrogens is 356 g/mol. The third-order valence-electron chi connectivity index (χ3n) is 6.45. The fraction of sp³-hybridized carbons (Fsp3) is 0.783. The topological polar surface area (TPSA) is 87.0 Å². The first-order valence-electron chi connectivity index (χ1n) is 10.9. The number of aliphatic hydroxyl groups is 3. The second kappa shape index (κ2) is 12.4. The molecule has 0 amide bonds. The van der Waals surface area contributed by atoms with Crippen molar-refractivity contribution in [3.63, 3.8) is 0 Å². The quantitative estimate of drug-likeness (QED) is 0.216. The van der Waals surface area contributed by atoms with Crippen LogP contribution in [0, 0.1) is 17.8 Å². The summed E-state index contributed by atoms with van der Waals surface area (Å²) in [4.78, 5) is 11.0. The highest BCUT2D eigenvalue weighted by molar-refractivity contribution is 5.81. The van der Waals surface area contributed by atoms with Crippen molar-refractivity contribution in [3.05, 3.63) is 24.3 Å². The Hall–Kier alpha value is -1.17. The minimum absolute atomic E-state index is 0.0708. The summed E-state index contributed by atoms with van der Waals surface area (Å²) < 4.78 is 4.56. The van der Waals surface area contributed by atoms with Gasteiger partial charge in [-0.2, -0.15) is 0 Å². The highest BCUT2D eigenvalue weighted by atomic mass is 16.5. The summed E-state index contributed by atoms with van der Waals surface area (Å²) in [7, 11) is 1.36. The Bertz CT molecular complexity index is 515. The van der Waals surface area contributed by atoms with Crippen molar-refractivity contribution < 1.29 is 24.9 Å². The van der Waals surface area contributed by atoms with Crippen molar-refractivity contribution >= 4 is 5.97 Å². The summed E-state index contributed by atoms with van der Waals surface area (Å²) in [5, 5.41) is 31.2. The van der Waals surface area contributed by atoms with Crippen molar-refractivity contribution in [3.8, 4) is 0 Å². The fourth-order valence-corrected chi connectivity index (χ4v) is 4.83. The largest absolute Gasteiger partial charge is 0.466 e. The average molecular weight is 395 g/mol. The molecule has 5 nitrogen and oxygen atoms in total. The number of carbonyl (C=O) groups excluding carboxylic acids is 1. The van der Waals surface area contributed by atoms with Gasteiger partial charge in [-0.25, -0.2) is 4.79 Å². The second-order valence-electron chi connectivity index (χ2n) is 8.53. The van der Waals surface area contributed by atoms with E-state index in [1.54, 1.807) is 0 Å². The second-order valence-corrected chi connectivity index (χ2v) is 8.53. The Kier molecular flexibility index (Phi) is 10.2. The number of ether oxygens (including phenoxy) is 1. The molecule has 0 aromatic carbocycles. The van der Waals surface area contributed by atoms with Crippen molar-refractivity contribution in [2.24, 2.45) is 17.8 Å². The zero-order valence-corrected chi connectivity index (χ0v) is 17.2. The van der Waals surface area contributed by atoms with Gasteiger partial charge in [0.2, 0.25) is 0 Å². The molecule has 2 unspecified atom stereocenters. The van der Waals surface area contributed by atoms with Crippen LogP contribution in [0.4, 0.5) is 0 Å². The maximum atomic E-state index is 11.0. The number of carbonyl (C=O) groups is 1. The van der Waals surface area contributed by atoms with E-state index >= 15 is 0 Å². The van der Waals surface area contributed by atoms with Crippen LogP contribution in [0.1, 0.15) is 70.6 Å². The fourth-order valence-electron chi connectivity index (χ4n) is 4.83. The Balaban J connectivity index is 1.70. The normalized spacial score (nSPS) is 31.4. The van der Waals surface area contributed by atoms with Crippen LogP contribution < -0.4 is 0 Å². The van der Waals surface area contributed by atoms with Gasteiger partial charge in [0, 0.05) is 6.08 Å². The van der Waals surface area contributed by atoms with Gasteiger partial charge in [0.15, 0.2) is 0 Å². The van der Waals surface area contributed by atoms with Crippen LogP contribution in [0.15, 0.2) is 24.3 Å². The molecule has 1 saturated carbocycles. The number of hydrogen-bond acceptors (Lipinski definition) is 5. The van der Waals surface area contributed by atoms with E-state index in [0.717, 1.165) is 57.8 Å². The lowest BCUT2D eigenvalue weighted by molar-refractivity contribution is -0.134. The van der Waals surface area contributed by atoms with Crippen molar-refractivity contribution in [1.82, 2.24) is 0 Å². The Morgan fingerprint density at radius 3 is 2.61 bits per heavy atom. The zero-order chi connectivity index (χ0) is 20.4. The maximum absolute atomic E-state index is 11.0. The molecule has 1 fully saturated rings. The van der Waals surface area contributed by atoms with Crippen molar-refractivity contribution in [2.75, 3.05) is 7.11 Å². The number of allylic oxidation sites excluding steroid dienone is 3. The van der Waals surface area contributed by atoms with E-state index in [1.165, 1.54) is 13.2 Å². The summed E-state index contributed by atoms with van der Waals surface area (Å²) in [6.45, 7) is 0. The van der Waals surface area contributed by atoms with Crippen LogP contribution in [0.3, 0.4) is 0 Å². The predicted molar refractivity (Wildman–Crippen MR) is 110 cm³/mol. The van der Waals surface area contributed by atoms with E-state index in [-0.39, 0.29) is 23.9 Å². The molecule has 2 rings (SSSR count). The lowest BCUT2D eigenvalue weighted by Gasteiger charge is -2.26. The first-order chi connectivity index (χ1) is 13.5. The molecule has 3 N–H and O–H groups in total. The molecule has 0 spiro atoms. The molecule has 0 aromatic rings. The smallest absolute Gasteiger partial charge is 0.330 e. The number of aliphatic hydroxyl groups excluding tert-OH is 3. The highest BCUT2D eigenvalue weighted by Gasteiger charge is 2.40. The minimum atomic E-state index is -0.468. The summed E-state index contributed by atoms with van der Waals surface area (Å²) in [5.74, 6) is 0.413. The molecule has 28 heavy (non-hydrogen) atoms. The first kappa shape index (κ1) is 23.1. The van der Waals surface area contributed by atoms with Gasteiger partial charge in [0.1, 0.15) is 0 Å². The Morgan fingerprint density at radius 1 is 1.18 bits per heavy atom. The molecule has 0 aromatic heterocycles. The molecule has 0 bridgehead atoms. The average Bonchev–Trinajstić information content (AvgIpc) is 2.96. The molecule has 0 radical (unpaired) electrons. The van der Waals surface area contributed by atoms with Gasteiger partial charge in [0.25, 0.3) is 0 Å². The number of rotatable bonds is 11. The summed E-state index contributed by atoms with van der Waals surface area (Å²) in [6.07, 6.45) is 16.1. The van der Waals surface area contributed by atoms with Gasteiger partial charge < -0.3 is 20.1 Å². The van der Waals surface area contributed by atoms with E-state index in [0.29, 0.717) is 18.8 Å². The van der Waals surface area contributed by atoms with Crippen LogP contribution in [-0.2, 0) is 9.53 Å². The number of esters is 1. The molecule has 6 atom stereocenters. The van der Waals surface area contributed by atoms with Crippen LogP contribution in [0.2, 0.25) is 0 Å². The van der Waals surface area contributed by atoms with Crippen LogP contribution >= 0.6 is 0 Å². The van der Waals surface area contributed by atoms with E-state index in [1.807, 2.05) is 6.08 Å². The summed E-state index contributed by atoms with van der Waals surface area (Å²) >= 11 is 0. The van der Waals surface area contributed by atoms with Gasteiger partial charge in [0.05, 0.1) is 25.4 Å². The van der Waals surface area contributed by atoms with Gasteiger partial charge in [-0.1, -0.05) is 24.6 Å².